The highest BCUT2D eigenvalue weighted by molar-refractivity contribution is 5.96. The Labute approximate surface area is 171 Å². The third-order valence-corrected chi connectivity index (χ3v) is 9.04. The number of oxime groups is 1. The number of aliphatic hydroxyl groups is 1. The molecule has 0 saturated heterocycles. The highest BCUT2D eigenvalue weighted by atomic mass is 16.4. The van der Waals surface area contributed by atoms with Crippen molar-refractivity contribution in [3.05, 3.63) is 11.6 Å². The van der Waals surface area contributed by atoms with E-state index in [1.807, 2.05) is 0 Å². The molecule has 0 radical (unpaired) electrons. The number of allylic oxidation sites excluding steroid dienone is 2. The van der Waals surface area contributed by atoms with Crippen molar-refractivity contribution in [1.29, 1.82) is 0 Å². The van der Waals surface area contributed by atoms with Gasteiger partial charge in [0, 0.05) is 6.61 Å². The Balaban J connectivity index is 1.63. The SMILES string of the molecule is CCCC1C2C(C3CC3)CC3=C/C(=N/O)CCC3C2CCC1(C)CCCCO. The Hall–Kier alpha value is -0.830. The molecule has 0 spiro atoms. The zero-order valence-corrected chi connectivity index (χ0v) is 18.1. The molecule has 3 nitrogen and oxygen atoms in total. The summed E-state index contributed by atoms with van der Waals surface area (Å²) < 4.78 is 0. The Kier molecular flexibility index (Phi) is 6.20. The van der Waals surface area contributed by atoms with Crippen molar-refractivity contribution in [3.63, 3.8) is 0 Å². The summed E-state index contributed by atoms with van der Waals surface area (Å²) in [7, 11) is 0. The van der Waals surface area contributed by atoms with Crippen molar-refractivity contribution in [3.8, 4) is 0 Å². The van der Waals surface area contributed by atoms with E-state index < -0.39 is 0 Å². The van der Waals surface area contributed by atoms with Crippen LogP contribution < -0.4 is 0 Å². The number of hydrogen-bond donors (Lipinski definition) is 2. The van der Waals surface area contributed by atoms with Crippen molar-refractivity contribution < 1.29 is 10.3 Å². The standard InChI is InChI=1S/C25H41NO2/c1-3-6-23-24-21(11-13-25(23,2)12-4-5-14-27)20-10-9-19(26-28)15-18(20)16-22(24)17-7-8-17/h15,17,20-24,27-28H,3-14,16H2,1-2H3/b26-19+. The summed E-state index contributed by atoms with van der Waals surface area (Å²) in [6.07, 6.45) is 17.4. The summed E-state index contributed by atoms with van der Waals surface area (Å²) in [5.41, 5.74) is 3.00. The summed E-state index contributed by atoms with van der Waals surface area (Å²) in [6.45, 7) is 5.31. The van der Waals surface area contributed by atoms with Gasteiger partial charge in [-0.15, -0.1) is 0 Å². The van der Waals surface area contributed by atoms with E-state index in [1.165, 1.54) is 64.2 Å². The Morgan fingerprint density at radius 3 is 2.64 bits per heavy atom. The second-order valence-corrected chi connectivity index (χ2v) is 10.7. The molecule has 4 aliphatic carbocycles. The van der Waals surface area contributed by atoms with Crippen molar-refractivity contribution in [2.75, 3.05) is 6.61 Å². The molecule has 28 heavy (non-hydrogen) atoms. The molecule has 158 valence electrons. The average molecular weight is 388 g/mol. The molecule has 2 N–H and O–H groups in total. The van der Waals surface area contributed by atoms with Gasteiger partial charge < -0.3 is 10.3 Å². The maximum atomic E-state index is 9.31. The molecule has 6 atom stereocenters. The smallest absolute Gasteiger partial charge is 0.0795 e. The van der Waals surface area contributed by atoms with Gasteiger partial charge in [-0.2, -0.15) is 0 Å². The van der Waals surface area contributed by atoms with Gasteiger partial charge in [0.25, 0.3) is 0 Å². The van der Waals surface area contributed by atoms with Crippen LogP contribution >= 0.6 is 0 Å². The second kappa shape index (κ2) is 8.50. The van der Waals surface area contributed by atoms with Crippen molar-refractivity contribution >= 4 is 5.71 Å². The lowest BCUT2D eigenvalue weighted by Gasteiger charge is -2.58. The van der Waals surface area contributed by atoms with Gasteiger partial charge in [0.2, 0.25) is 0 Å². The normalized spacial score (nSPS) is 42.0. The van der Waals surface area contributed by atoms with Crippen molar-refractivity contribution in [2.45, 2.75) is 90.9 Å². The van der Waals surface area contributed by atoms with Crippen LogP contribution in [-0.4, -0.2) is 22.6 Å². The summed E-state index contributed by atoms with van der Waals surface area (Å²) in [5.74, 6) is 5.16. The molecule has 6 unspecified atom stereocenters. The summed E-state index contributed by atoms with van der Waals surface area (Å²) >= 11 is 0. The third kappa shape index (κ3) is 3.80. The fourth-order valence-corrected chi connectivity index (χ4v) is 7.60. The highest BCUT2D eigenvalue weighted by Crippen LogP contribution is 2.64. The van der Waals surface area contributed by atoms with Crippen molar-refractivity contribution in [2.24, 2.45) is 46.1 Å². The molecule has 0 bridgehead atoms. The number of fused-ring (bicyclic) bond motifs is 3. The van der Waals surface area contributed by atoms with Gasteiger partial charge >= 0.3 is 0 Å². The molecule has 0 amide bonds. The number of aliphatic hydroxyl groups excluding tert-OH is 1. The Morgan fingerprint density at radius 1 is 1.14 bits per heavy atom. The molecular formula is C25H41NO2. The minimum Gasteiger partial charge on any atom is -0.411 e. The van der Waals surface area contributed by atoms with Crippen LogP contribution in [0.3, 0.4) is 0 Å². The van der Waals surface area contributed by atoms with Crippen LogP contribution in [0.25, 0.3) is 0 Å². The molecule has 0 heterocycles. The first-order chi connectivity index (χ1) is 13.6. The monoisotopic (exact) mass is 387 g/mol. The van der Waals surface area contributed by atoms with Gasteiger partial charge in [-0.3, -0.25) is 0 Å². The maximum Gasteiger partial charge on any atom is 0.0795 e. The van der Waals surface area contributed by atoms with Gasteiger partial charge in [0.05, 0.1) is 5.71 Å². The van der Waals surface area contributed by atoms with E-state index in [4.69, 9.17) is 0 Å². The number of unbranched alkanes of at least 4 members (excludes halogenated alkanes) is 1. The van der Waals surface area contributed by atoms with Gasteiger partial charge in [-0.25, -0.2) is 0 Å². The molecule has 0 aliphatic heterocycles. The first kappa shape index (κ1) is 20.4. The van der Waals surface area contributed by atoms with E-state index in [-0.39, 0.29) is 0 Å². The fourth-order valence-electron chi connectivity index (χ4n) is 7.60. The van der Waals surface area contributed by atoms with E-state index >= 15 is 0 Å². The summed E-state index contributed by atoms with van der Waals surface area (Å²) in [6, 6.07) is 0. The topological polar surface area (TPSA) is 52.8 Å². The zero-order chi connectivity index (χ0) is 19.7. The minimum atomic E-state index is 0.344. The van der Waals surface area contributed by atoms with Crippen LogP contribution in [0.4, 0.5) is 0 Å². The quantitative estimate of drug-likeness (QED) is 0.311. The zero-order valence-electron chi connectivity index (χ0n) is 18.1. The molecule has 0 aromatic carbocycles. The molecule has 3 heteroatoms. The van der Waals surface area contributed by atoms with Gasteiger partial charge in [-0.05, 0) is 111 Å². The second-order valence-electron chi connectivity index (χ2n) is 10.7. The van der Waals surface area contributed by atoms with E-state index in [9.17, 15) is 10.3 Å². The highest BCUT2D eigenvalue weighted by Gasteiger charge is 2.55. The van der Waals surface area contributed by atoms with Crippen LogP contribution in [0.1, 0.15) is 90.9 Å². The predicted octanol–water partition coefficient (Wildman–Crippen LogP) is 6.19. The lowest BCUT2D eigenvalue weighted by Crippen LogP contribution is -2.50. The third-order valence-electron chi connectivity index (χ3n) is 9.04. The first-order valence-corrected chi connectivity index (χ1v) is 12.1. The summed E-state index contributed by atoms with van der Waals surface area (Å²) in [5, 5.41) is 22.2. The summed E-state index contributed by atoms with van der Waals surface area (Å²) in [4.78, 5) is 0. The van der Waals surface area contributed by atoms with Crippen LogP contribution in [-0.2, 0) is 0 Å². The van der Waals surface area contributed by atoms with Crippen LogP contribution in [0.5, 0.6) is 0 Å². The Bertz CT molecular complexity index is 608. The number of nitrogens with zero attached hydrogens (tertiary/aromatic N) is 1. The lowest BCUT2D eigenvalue weighted by atomic mass is 9.47. The first-order valence-electron chi connectivity index (χ1n) is 12.1. The van der Waals surface area contributed by atoms with Crippen LogP contribution in [0.2, 0.25) is 0 Å². The Morgan fingerprint density at radius 2 is 1.96 bits per heavy atom. The van der Waals surface area contributed by atoms with E-state index in [2.05, 4.69) is 25.1 Å². The number of rotatable bonds is 7. The molecule has 0 aromatic heterocycles. The van der Waals surface area contributed by atoms with E-state index in [1.54, 1.807) is 5.57 Å². The average Bonchev–Trinajstić information content (AvgIpc) is 3.54. The molecule has 0 aromatic rings. The van der Waals surface area contributed by atoms with E-state index in [0.717, 1.165) is 54.1 Å². The molecule has 3 fully saturated rings. The largest absolute Gasteiger partial charge is 0.411 e. The molecule has 4 rings (SSSR count). The van der Waals surface area contributed by atoms with Crippen LogP contribution in [0, 0.1) is 40.9 Å². The molecule has 4 aliphatic rings. The molecule has 3 saturated carbocycles. The molecular weight excluding hydrogens is 346 g/mol. The fraction of sp³-hybridized carbons (Fsp3) is 0.880. The predicted molar refractivity (Wildman–Crippen MR) is 115 cm³/mol. The van der Waals surface area contributed by atoms with Gasteiger partial charge in [-0.1, -0.05) is 37.4 Å². The van der Waals surface area contributed by atoms with Gasteiger partial charge in [0.1, 0.15) is 0 Å². The maximum absolute atomic E-state index is 9.31. The minimum absolute atomic E-state index is 0.344. The van der Waals surface area contributed by atoms with Crippen LogP contribution in [0.15, 0.2) is 16.8 Å². The van der Waals surface area contributed by atoms with Gasteiger partial charge in [0.15, 0.2) is 0 Å². The number of hydrogen-bond acceptors (Lipinski definition) is 3. The lowest BCUT2D eigenvalue weighted by molar-refractivity contribution is -0.0645. The van der Waals surface area contributed by atoms with Crippen molar-refractivity contribution in [1.82, 2.24) is 0 Å². The van der Waals surface area contributed by atoms with E-state index in [0.29, 0.717) is 12.0 Å².